The van der Waals surface area contributed by atoms with Crippen LogP contribution >= 0.6 is 0 Å². The summed E-state index contributed by atoms with van der Waals surface area (Å²) in [6.45, 7) is 6.49. The molecule has 0 aliphatic heterocycles. The predicted molar refractivity (Wildman–Crippen MR) is 82.4 cm³/mol. The van der Waals surface area contributed by atoms with Crippen molar-refractivity contribution >= 4 is 5.97 Å². The molecule has 0 rings (SSSR count). The van der Waals surface area contributed by atoms with Crippen molar-refractivity contribution in [2.24, 2.45) is 5.92 Å². The zero-order valence-corrected chi connectivity index (χ0v) is 13.1. The Bertz CT molecular complexity index is 254. The highest BCUT2D eigenvalue weighted by Crippen LogP contribution is 2.14. The summed E-state index contributed by atoms with van der Waals surface area (Å²) >= 11 is 0. The summed E-state index contributed by atoms with van der Waals surface area (Å²) in [6.07, 6.45) is 14.1. The third-order valence-electron chi connectivity index (χ3n) is 3.47. The van der Waals surface area contributed by atoms with Crippen molar-refractivity contribution in [2.75, 3.05) is 0 Å². The van der Waals surface area contributed by atoms with Crippen LogP contribution in [0.4, 0.5) is 0 Å². The van der Waals surface area contributed by atoms with Gasteiger partial charge in [-0.25, -0.2) is 4.79 Å². The molecule has 0 aromatic rings. The van der Waals surface area contributed by atoms with Crippen molar-refractivity contribution in [1.29, 1.82) is 0 Å². The molecule has 19 heavy (non-hydrogen) atoms. The molecule has 0 saturated carbocycles. The first-order valence-corrected chi connectivity index (χ1v) is 7.92. The number of carbonyl (C=O) groups is 1. The van der Waals surface area contributed by atoms with Gasteiger partial charge in [-0.15, -0.1) is 0 Å². The fourth-order valence-electron chi connectivity index (χ4n) is 2.30. The zero-order chi connectivity index (χ0) is 14.5. The number of rotatable bonds is 12. The number of aliphatic carboxylic acids is 1. The van der Waals surface area contributed by atoms with Crippen LogP contribution < -0.4 is 0 Å². The van der Waals surface area contributed by atoms with E-state index in [2.05, 4.69) is 13.8 Å². The van der Waals surface area contributed by atoms with Gasteiger partial charge in [0.05, 0.1) is 0 Å². The Kier molecular flexibility index (Phi) is 11.7. The van der Waals surface area contributed by atoms with Gasteiger partial charge in [0.1, 0.15) is 0 Å². The first kappa shape index (κ1) is 18.2. The molecule has 0 radical (unpaired) electrons. The van der Waals surface area contributed by atoms with E-state index in [1.807, 2.05) is 6.92 Å². The molecule has 0 saturated heterocycles. The lowest BCUT2D eigenvalue weighted by Crippen LogP contribution is -1.90. The van der Waals surface area contributed by atoms with E-state index in [9.17, 15) is 4.79 Å². The molecule has 1 N–H and O–H groups in total. The number of carboxylic acid groups (broad SMARTS) is 1. The second-order valence-electron chi connectivity index (χ2n) is 6.09. The van der Waals surface area contributed by atoms with Crippen LogP contribution in [0.25, 0.3) is 0 Å². The summed E-state index contributed by atoms with van der Waals surface area (Å²) in [5, 5.41) is 8.59. The summed E-state index contributed by atoms with van der Waals surface area (Å²) in [5.41, 5.74) is 0.987. The van der Waals surface area contributed by atoms with Gasteiger partial charge in [0.25, 0.3) is 0 Å². The van der Waals surface area contributed by atoms with E-state index in [1.54, 1.807) is 0 Å². The van der Waals surface area contributed by atoms with Gasteiger partial charge in [-0.3, -0.25) is 0 Å². The molecule has 0 bridgehead atoms. The molecule has 0 aliphatic carbocycles. The fraction of sp³-hybridized carbons (Fsp3) is 0.824. The molecule has 2 heteroatoms. The standard InChI is InChI=1S/C17H32O2/c1-15(2)12-10-8-6-4-5-7-9-11-13-16(3)14-17(18)19/h14-15H,4-13H2,1-3H3,(H,18,19)/b16-14+. The van der Waals surface area contributed by atoms with Crippen LogP contribution in [0, 0.1) is 5.92 Å². The van der Waals surface area contributed by atoms with E-state index in [-0.39, 0.29) is 0 Å². The summed E-state index contributed by atoms with van der Waals surface area (Å²) in [4.78, 5) is 10.4. The van der Waals surface area contributed by atoms with Crippen LogP contribution in [-0.2, 0) is 4.79 Å². The fourth-order valence-corrected chi connectivity index (χ4v) is 2.30. The molecule has 0 spiro atoms. The molecule has 0 unspecified atom stereocenters. The lowest BCUT2D eigenvalue weighted by atomic mass is 10.0. The van der Waals surface area contributed by atoms with Gasteiger partial charge in [0.2, 0.25) is 0 Å². The van der Waals surface area contributed by atoms with Gasteiger partial charge in [-0.2, -0.15) is 0 Å². The van der Waals surface area contributed by atoms with E-state index in [4.69, 9.17) is 5.11 Å². The molecule has 2 nitrogen and oxygen atoms in total. The quantitative estimate of drug-likeness (QED) is 0.371. The van der Waals surface area contributed by atoms with Crippen LogP contribution in [0.15, 0.2) is 11.6 Å². The lowest BCUT2D eigenvalue weighted by Gasteiger charge is -2.04. The van der Waals surface area contributed by atoms with Crippen LogP contribution in [0.1, 0.15) is 85.0 Å². The maximum absolute atomic E-state index is 10.4. The normalized spacial score (nSPS) is 12.1. The van der Waals surface area contributed by atoms with Gasteiger partial charge in [0, 0.05) is 6.08 Å². The second-order valence-corrected chi connectivity index (χ2v) is 6.09. The van der Waals surface area contributed by atoms with Gasteiger partial charge in [0.15, 0.2) is 0 Å². The average Bonchev–Trinajstić information content (AvgIpc) is 2.30. The number of carboxylic acids is 1. The Morgan fingerprint density at radius 3 is 1.89 bits per heavy atom. The maximum Gasteiger partial charge on any atom is 0.328 e. The molecule has 0 aromatic carbocycles. The number of unbranched alkanes of at least 4 members (excludes halogenated alkanes) is 7. The Morgan fingerprint density at radius 1 is 0.947 bits per heavy atom. The molecule has 0 aromatic heterocycles. The van der Waals surface area contributed by atoms with Gasteiger partial charge < -0.3 is 5.11 Å². The number of allylic oxidation sites excluding steroid dienone is 1. The van der Waals surface area contributed by atoms with Crippen molar-refractivity contribution in [3.8, 4) is 0 Å². The highest BCUT2D eigenvalue weighted by atomic mass is 16.4. The van der Waals surface area contributed by atoms with Crippen LogP contribution in [0.5, 0.6) is 0 Å². The van der Waals surface area contributed by atoms with Crippen molar-refractivity contribution in [1.82, 2.24) is 0 Å². The molecule has 112 valence electrons. The average molecular weight is 268 g/mol. The minimum atomic E-state index is -0.820. The van der Waals surface area contributed by atoms with Crippen molar-refractivity contribution in [3.05, 3.63) is 11.6 Å². The minimum Gasteiger partial charge on any atom is -0.478 e. The van der Waals surface area contributed by atoms with Gasteiger partial charge in [-0.05, 0) is 25.7 Å². The topological polar surface area (TPSA) is 37.3 Å². The van der Waals surface area contributed by atoms with E-state index in [0.29, 0.717) is 0 Å². The smallest absolute Gasteiger partial charge is 0.328 e. The summed E-state index contributed by atoms with van der Waals surface area (Å²) < 4.78 is 0. The Balaban J connectivity index is 3.21. The van der Waals surface area contributed by atoms with Crippen LogP contribution in [-0.4, -0.2) is 11.1 Å². The largest absolute Gasteiger partial charge is 0.478 e. The SMILES string of the molecule is C/C(=C\C(=O)O)CCCCCCCCCCC(C)C. The monoisotopic (exact) mass is 268 g/mol. The second kappa shape index (κ2) is 12.3. The van der Waals surface area contributed by atoms with E-state index in [1.165, 1.54) is 57.4 Å². The number of hydrogen-bond donors (Lipinski definition) is 1. The predicted octanol–water partition coefficient (Wildman–Crippen LogP) is 5.57. The molecule has 0 aliphatic rings. The Hall–Kier alpha value is -0.790. The van der Waals surface area contributed by atoms with Crippen LogP contribution in [0.2, 0.25) is 0 Å². The van der Waals surface area contributed by atoms with Crippen molar-refractivity contribution in [2.45, 2.75) is 85.0 Å². The summed E-state index contributed by atoms with van der Waals surface area (Å²) in [6, 6.07) is 0. The van der Waals surface area contributed by atoms with Gasteiger partial charge >= 0.3 is 5.97 Å². The van der Waals surface area contributed by atoms with E-state index < -0.39 is 5.97 Å². The van der Waals surface area contributed by atoms with Crippen molar-refractivity contribution < 1.29 is 9.90 Å². The minimum absolute atomic E-state index is 0.820. The molecule has 0 heterocycles. The molecule has 0 amide bonds. The highest BCUT2D eigenvalue weighted by Gasteiger charge is 1.97. The first-order chi connectivity index (χ1) is 9.02. The molecular formula is C17H32O2. The molecule has 0 atom stereocenters. The van der Waals surface area contributed by atoms with Gasteiger partial charge in [-0.1, -0.05) is 70.8 Å². The molecular weight excluding hydrogens is 236 g/mol. The van der Waals surface area contributed by atoms with E-state index in [0.717, 1.165) is 24.3 Å². The lowest BCUT2D eigenvalue weighted by molar-refractivity contribution is -0.131. The van der Waals surface area contributed by atoms with Crippen LogP contribution in [0.3, 0.4) is 0 Å². The zero-order valence-electron chi connectivity index (χ0n) is 13.1. The van der Waals surface area contributed by atoms with E-state index >= 15 is 0 Å². The highest BCUT2D eigenvalue weighted by molar-refractivity contribution is 5.80. The number of hydrogen-bond acceptors (Lipinski definition) is 1. The summed E-state index contributed by atoms with van der Waals surface area (Å²) in [7, 11) is 0. The third-order valence-corrected chi connectivity index (χ3v) is 3.47. The third kappa shape index (κ3) is 15.2. The Morgan fingerprint density at radius 2 is 1.42 bits per heavy atom. The summed E-state index contributed by atoms with van der Waals surface area (Å²) in [5.74, 6) is 0.0287. The molecule has 0 fully saturated rings. The maximum atomic E-state index is 10.4. The first-order valence-electron chi connectivity index (χ1n) is 7.92. The van der Waals surface area contributed by atoms with Crippen molar-refractivity contribution in [3.63, 3.8) is 0 Å². The Labute approximate surface area is 119 Å².